The zero-order valence-corrected chi connectivity index (χ0v) is 12.1. The molecular weight excluding hydrogens is 248 g/mol. The predicted molar refractivity (Wildman–Crippen MR) is 79.4 cm³/mol. The van der Waals surface area contributed by atoms with Gasteiger partial charge in [-0.1, -0.05) is 12.1 Å². The Morgan fingerprint density at radius 1 is 1.25 bits per heavy atom. The Bertz CT molecular complexity index is 642. The van der Waals surface area contributed by atoms with Crippen molar-refractivity contribution in [2.75, 3.05) is 13.1 Å². The van der Waals surface area contributed by atoms with Crippen LogP contribution in [0, 0.1) is 11.3 Å². The SMILES string of the molecule is CC(C)N1CCC(n2nc(C#N)c3ccccc32)CC1. The van der Waals surface area contributed by atoms with Gasteiger partial charge in [-0.25, -0.2) is 0 Å². The fourth-order valence-corrected chi connectivity index (χ4v) is 3.10. The summed E-state index contributed by atoms with van der Waals surface area (Å²) in [6.07, 6.45) is 2.21. The molecule has 0 spiro atoms. The van der Waals surface area contributed by atoms with E-state index in [1.165, 1.54) is 0 Å². The zero-order chi connectivity index (χ0) is 14.1. The van der Waals surface area contributed by atoms with Gasteiger partial charge in [0.2, 0.25) is 0 Å². The number of para-hydroxylation sites is 1. The van der Waals surface area contributed by atoms with Crippen LogP contribution in [-0.4, -0.2) is 33.8 Å². The average molecular weight is 268 g/mol. The fourth-order valence-electron chi connectivity index (χ4n) is 3.10. The fraction of sp³-hybridized carbons (Fsp3) is 0.500. The summed E-state index contributed by atoms with van der Waals surface area (Å²) in [6, 6.07) is 11.3. The molecule has 0 aliphatic carbocycles. The molecule has 0 radical (unpaired) electrons. The largest absolute Gasteiger partial charge is 0.301 e. The van der Waals surface area contributed by atoms with Crippen molar-refractivity contribution in [3.05, 3.63) is 30.0 Å². The number of piperidine rings is 1. The van der Waals surface area contributed by atoms with Gasteiger partial charge < -0.3 is 4.90 Å². The lowest BCUT2D eigenvalue weighted by Crippen LogP contribution is -2.39. The van der Waals surface area contributed by atoms with E-state index in [0.717, 1.165) is 36.8 Å². The highest BCUT2D eigenvalue weighted by molar-refractivity contribution is 5.84. The summed E-state index contributed by atoms with van der Waals surface area (Å²) in [5.74, 6) is 0. The molecule has 1 aromatic heterocycles. The second-order valence-electron chi connectivity index (χ2n) is 5.78. The summed E-state index contributed by atoms with van der Waals surface area (Å²) in [5.41, 5.74) is 1.64. The third-order valence-corrected chi connectivity index (χ3v) is 4.29. The van der Waals surface area contributed by atoms with E-state index in [-0.39, 0.29) is 0 Å². The van der Waals surface area contributed by atoms with Crippen LogP contribution < -0.4 is 0 Å². The second-order valence-corrected chi connectivity index (χ2v) is 5.78. The number of nitriles is 1. The van der Waals surface area contributed by atoms with Crippen LogP contribution in [0.4, 0.5) is 0 Å². The molecule has 1 aromatic carbocycles. The maximum atomic E-state index is 9.23. The van der Waals surface area contributed by atoms with E-state index in [4.69, 9.17) is 0 Å². The van der Waals surface area contributed by atoms with Crippen molar-refractivity contribution >= 4 is 10.9 Å². The van der Waals surface area contributed by atoms with E-state index in [1.54, 1.807) is 0 Å². The highest BCUT2D eigenvalue weighted by Crippen LogP contribution is 2.28. The van der Waals surface area contributed by atoms with Crippen LogP contribution in [0.2, 0.25) is 0 Å². The first-order valence-electron chi connectivity index (χ1n) is 7.32. The molecule has 20 heavy (non-hydrogen) atoms. The van der Waals surface area contributed by atoms with E-state index < -0.39 is 0 Å². The van der Waals surface area contributed by atoms with Gasteiger partial charge in [0, 0.05) is 24.5 Å². The minimum atomic E-state index is 0.414. The molecule has 4 nitrogen and oxygen atoms in total. The predicted octanol–water partition coefficient (Wildman–Crippen LogP) is 2.95. The quantitative estimate of drug-likeness (QED) is 0.841. The third kappa shape index (κ3) is 2.19. The van der Waals surface area contributed by atoms with Crippen molar-refractivity contribution in [2.45, 2.75) is 38.8 Å². The second kappa shape index (κ2) is 5.26. The minimum Gasteiger partial charge on any atom is -0.301 e. The molecule has 4 heteroatoms. The Morgan fingerprint density at radius 2 is 1.95 bits per heavy atom. The number of nitrogens with zero attached hydrogens (tertiary/aromatic N) is 4. The summed E-state index contributed by atoms with van der Waals surface area (Å²) in [6.45, 7) is 6.71. The van der Waals surface area contributed by atoms with E-state index in [2.05, 4.69) is 40.7 Å². The number of hydrogen-bond acceptors (Lipinski definition) is 3. The molecule has 1 saturated heterocycles. The van der Waals surface area contributed by atoms with Crippen molar-refractivity contribution in [2.24, 2.45) is 0 Å². The molecule has 2 heterocycles. The molecule has 1 aliphatic rings. The van der Waals surface area contributed by atoms with Gasteiger partial charge in [-0.3, -0.25) is 4.68 Å². The van der Waals surface area contributed by atoms with Gasteiger partial charge in [0.25, 0.3) is 0 Å². The maximum Gasteiger partial charge on any atom is 0.170 e. The molecule has 2 aromatic rings. The highest BCUT2D eigenvalue weighted by Gasteiger charge is 2.24. The third-order valence-electron chi connectivity index (χ3n) is 4.29. The van der Waals surface area contributed by atoms with Crippen molar-refractivity contribution < 1.29 is 0 Å². The van der Waals surface area contributed by atoms with Crippen LogP contribution in [-0.2, 0) is 0 Å². The van der Waals surface area contributed by atoms with Crippen molar-refractivity contribution in [1.82, 2.24) is 14.7 Å². The first-order valence-corrected chi connectivity index (χ1v) is 7.32. The average Bonchev–Trinajstić information content (AvgIpc) is 2.86. The Hall–Kier alpha value is -1.86. The lowest BCUT2D eigenvalue weighted by molar-refractivity contribution is 0.149. The molecule has 0 saturated carbocycles. The molecule has 104 valence electrons. The number of aromatic nitrogens is 2. The van der Waals surface area contributed by atoms with Gasteiger partial charge in [0.1, 0.15) is 6.07 Å². The maximum absolute atomic E-state index is 9.23. The molecule has 0 N–H and O–H groups in total. The first kappa shape index (κ1) is 13.1. The van der Waals surface area contributed by atoms with Crippen LogP contribution in [0.3, 0.4) is 0 Å². The lowest BCUT2D eigenvalue weighted by Gasteiger charge is -2.34. The van der Waals surface area contributed by atoms with Crippen molar-refractivity contribution in [1.29, 1.82) is 5.26 Å². The topological polar surface area (TPSA) is 44.9 Å². The number of likely N-dealkylation sites (tertiary alicyclic amines) is 1. The van der Waals surface area contributed by atoms with Gasteiger partial charge in [-0.05, 0) is 38.8 Å². The number of benzene rings is 1. The zero-order valence-electron chi connectivity index (χ0n) is 12.1. The van der Waals surface area contributed by atoms with E-state index in [9.17, 15) is 5.26 Å². The molecule has 0 unspecified atom stereocenters. The van der Waals surface area contributed by atoms with Gasteiger partial charge >= 0.3 is 0 Å². The summed E-state index contributed by atoms with van der Waals surface area (Å²) in [4.78, 5) is 2.51. The van der Waals surface area contributed by atoms with E-state index in [1.807, 2.05) is 18.2 Å². The standard InChI is InChI=1S/C16H20N4/c1-12(2)19-9-7-13(8-10-19)20-16-6-4-3-5-14(16)15(11-17)18-20/h3-6,12-13H,7-10H2,1-2H3. The molecule has 0 bridgehead atoms. The van der Waals surface area contributed by atoms with Crippen LogP contribution in [0.1, 0.15) is 38.4 Å². The minimum absolute atomic E-state index is 0.414. The first-order chi connectivity index (χ1) is 9.70. The summed E-state index contributed by atoms with van der Waals surface area (Å²) < 4.78 is 2.07. The van der Waals surface area contributed by atoms with Crippen molar-refractivity contribution in [3.8, 4) is 6.07 Å². The molecular formula is C16H20N4. The van der Waals surface area contributed by atoms with Gasteiger partial charge in [0.05, 0.1) is 11.6 Å². The molecule has 0 atom stereocenters. The molecule has 1 aliphatic heterocycles. The summed E-state index contributed by atoms with van der Waals surface area (Å²) in [7, 11) is 0. The summed E-state index contributed by atoms with van der Waals surface area (Å²) >= 11 is 0. The van der Waals surface area contributed by atoms with Crippen molar-refractivity contribution in [3.63, 3.8) is 0 Å². The number of rotatable bonds is 2. The molecule has 3 rings (SSSR count). The van der Waals surface area contributed by atoms with E-state index in [0.29, 0.717) is 17.8 Å². The Kier molecular flexibility index (Phi) is 3.45. The van der Waals surface area contributed by atoms with Crippen LogP contribution in [0.15, 0.2) is 24.3 Å². The van der Waals surface area contributed by atoms with Gasteiger partial charge in [0.15, 0.2) is 5.69 Å². The van der Waals surface area contributed by atoms with E-state index >= 15 is 0 Å². The highest BCUT2D eigenvalue weighted by atomic mass is 15.3. The molecule has 0 amide bonds. The van der Waals surface area contributed by atoms with Gasteiger partial charge in [-0.15, -0.1) is 0 Å². The molecule has 1 fully saturated rings. The Morgan fingerprint density at radius 3 is 2.60 bits per heavy atom. The monoisotopic (exact) mass is 268 g/mol. The van der Waals surface area contributed by atoms with Crippen LogP contribution >= 0.6 is 0 Å². The normalized spacial score (nSPS) is 17.7. The smallest absolute Gasteiger partial charge is 0.170 e. The number of fused-ring (bicyclic) bond motifs is 1. The number of hydrogen-bond donors (Lipinski definition) is 0. The van der Waals surface area contributed by atoms with Crippen LogP contribution in [0.25, 0.3) is 10.9 Å². The lowest BCUT2D eigenvalue weighted by atomic mass is 10.0. The summed E-state index contributed by atoms with van der Waals surface area (Å²) in [5, 5.41) is 14.7. The Balaban J connectivity index is 1.91. The van der Waals surface area contributed by atoms with Gasteiger partial charge in [-0.2, -0.15) is 10.4 Å². The Labute approximate surface area is 119 Å². The van der Waals surface area contributed by atoms with Crippen LogP contribution in [0.5, 0.6) is 0 Å².